The Morgan fingerprint density at radius 3 is 2.30 bits per heavy atom. The minimum absolute atomic E-state index is 0.851. The van der Waals surface area contributed by atoms with Crippen LogP contribution in [0.15, 0.2) is 27.9 Å². The largest absolute Gasteiger partial charge is 0.364 e. The minimum atomic E-state index is 0.851. The van der Waals surface area contributed by atoms with Gasteiger partial charge in [0.1, 0.15) is 0 Å². The zero-order valence-corrected chi connectivity index (χ0v) is 17.0. The molecule has 0 atom stereocenters. The predicted molar refractivity (Wildman–Crippen MR) is 110 cm³/mol. The Kier molecular flexibility index (Phi) is 10.1. The van der Waals surface area contributed by atoms with Gasteiger partial charge in [0.25, 0.3) is 0 Å². The molecule has 1 N–H and O–H groups in total. The maximum Gasteiger partial charge on any atom is 0.156 e. The van der Waals surface area contributed by atoms with E-state index < -0.39 is 0 Å². The summed E-state index contributed by atoms with van der Waals surface area (Å²) in [5, 5.41) is 8.49. The van der Waals surface area contributed by atoms with Crippen LogP contribution < -0.4 is 5.32 Å². The SMILES string of the molecule is CSC(=NCCSCc1ccsn1)NCCSCc1ccsn1. The van der Waals surface area contributed by atoms with E-state index in [4.69, 9.17) is 0 Å². The molecular weight excluding hydrogens is 385 g/mol. The molecule has 2 aromatic heterocycles. The number of hydrogen-bond donors (Lipinski definition) is 1. The second-order valence-corrected chi connectivity index (χ2v) is 8.74. The van der Waals surface area contributed by atoms with E-state index in [9.17, 15) is 0 Å². The fraction of sp³-hybridized carbons (Fsp3) is 0.500. The third-order valence-electron chi connectivity index (χ3n) is 2.69. The van der Waals surface area contributed by atoms with Crippen LogP contribution in [0.3, 0.4) is 0 Å². The first-order valence-corrected chi connectivity index (χ1v) is 12.4. The van der Waals surface area contributed by atoms with Gasteiger partial charge in [-0.1, -0.05) is 11.8 Å². The Hall–Kier alpha value is -0.220. The summed E-state index contributed by atoms with van der Waals surface area (Å²) in [6, 6.07) is 4.17. The Balaban J connectivity index is 1.51. The van der Waals surface area contributed by atoms with Crippen molar-refractivity contribution in [2.24, 2.45) is 4.99 Å². The van der Waals surface area contributed by atoms with Crippen LogP contribution in [0.2, 0.25) is 0 Å². The van der Waals surface area contributed by atoms with Gasteiger partial charge in [-0.3, -0.25) is 4.99 Å². The molecule has 0 unspecified atom stereocenters. The molecule has 0 aliphatic heterocycles. The number of hydrogen-bond acceptors (Lipinski definition) is 8. The zero-order valence-electron chi connectivity index (χ0n) is 12.9. The van der Waals surface area contributed by atoms with Crippen LogP contribution in [0, 0.1) is 0 Å². The molecule has 9 heteroatoms. The van der Waals surface area contributed by atoms with Crippen molar-refractivity contribution in [1.82, 2.24) is 14.1 Å². The Bertz CT molecular complexity index is 542. The molecule has 0 saturated carbocycles. The average molecular weight is 405 g/mol. The number of aromatic nitrogens is 2. The molecule has 0 spiro atoms. The quantitative estimate of drug-likeness (QED) is 0.366. The van der Waals surface area contributed by atoms with Crippen molar-refractivity contribution in [2.75, 3.05) is 30.9 Å². The average Bonchev–Trinajstić information content (AvgIpc) is 3.26. The molecule has 2 rings (SSSR count). The highest BCUT2D eigenvalue weighted by molar-refractivity contribution is 8.13. The lowest BCUT2D eigenvalue weighted by Gasteiger charge is -2.07. The van der Waals surface area contributed by atoms with Crippen LogP contribution in [0.5, 0.6) is 0 Å². The van der Waals surface area contributed by atoms with Gasteiger partial charge in [0, 0.05) is 40.3 Å². The summed E-state index contributed by atoms with van der Waals surface area (Å²) in [4.78, 5) is 4.62. The smallest absolute Gasteiger partial charge is 0.156 e. The molecule has 0 bridgehead atoms. The molecule has 4 nitrogen and oxygen atoms in total. The van der Waals surface area contributed by atoms with E-state index in [0.29, 0.717) is 0 Å². The Morgan fingerprint density at radius 1 is 1.09 bits per heavy atom. The van der Waals surface area contributed by atoms with E-state index >= 15 is 0 Å². The summed E-state index contributed by atoms with van der Waals surface area (Å²) in [7, 11) is 0. The van der Waals surface area contributed by atoms with Crippen molar-refractivity contribution in [2.45, 2.75) is 11.5 Å². The lowest BCUT2D eigenvalue weighted by atomic mass is 10.5. The molecule has 126 valence electrons. The Morgan fingerprint density at radius 2 is 1.74 bits per heavy atom. The van der Waals surface area contributed by atoms with Crippen LogP contribution >= 0.6 is 58.4 Å². The van der Waals surface area contributed by atoms with E-state index in [1.54, 1.807) is 11.8 Å². The first-order valence-electron chi connectivity index (χ1n) is 7.15. The highest BCUT2D eigenvalue weighted by Gasteiger charge is 1.99. The number of rotatable bonds is 10. The van der Waals surface area contributed by atoms with Gasteiger partial charge in [-0.2, -0.15) is 32.3 Å². The summed E-state index contributed by atoms with van der Waals surface area (Å²) < 4.78 is 8.61. The van der Waals surface area contributed by atoms with Crippen molar-refractivity contribution in [3.63, 3.8) is 0 Å². The van der Waals surface area contributed by atoms with Gasteiger partial charge in [0.05, 0.1) is 17.9 Å². The van der Waals surface area contributed by atoms with Crippen molar-refractivity contribution >= 4 is 63.5 Å². The molecule has 0 amide bonds. The van der Waals surface area contributed by atoms with Crippen LogP contribution in [0.25, 0.3) is 0 Å². The molecule has 23 heavy (non-hydrogen) atoms. The van der Waals surface area contributed by atoms with Crippen LogP contribution in [-0.2, 0) is 11.5 Å². The second-order valence-electron chi connectivity index (χ2n) is 4.40. The third-order valence-corrected chi connectivity index (χ3v) is 6.51. The molecule has 2 heterocycles. The number of thioether (sulfide) groups is 3. The van der Waals surface area contributed by atoms with Crippen molar-refractivity contribution < 1.29 is 0 Å². The topological polar surface area (TPSA) is 50.2 Å². The monoisotopic (exact) mass is 404 g/mol. The van der Waals surface area contributed by atoms with Gasteiger partial charge in [-0.05, 0) is 41.5 Å². The van der Waals surface area contributed by atoms with Crippen molar-refractivity contribution in [1.29, 1.82) is 0 Å². The number of amidine groups is 1. The second kappa shape index (κ2) is 12.2. The van der Waals surface area contributed by atoms with Crippen LogP contribution in [-0.4, -0.2) is 44.8 Å². The molecular formula is C14H20N4S5. The third kappa shape index (κ3) is 8.44. The molecule has 0 radical (unpaired) electrons. The van der Waals surface area contributed by atoms with Gasteiger partial charge in [-0.25, -0.2) is 0 Å². The van der Waals surface area contributed by atoms with Gasteiger partial charge >= 0.3 is 0 Å². The summed E-state index contributed by atoms with van der Waals surface area (Å²) in [5.41, 5.74) is 2.35. The Labute approximate surface area is 158 Å². The lowest BCUT2D eigenvalue weighted by Crippen LogP contribution is -2.23. The van der Waals surface area contributed by atoms with Crippen LogP contribution in [0.4, 0.5) is 0 Å². The first-order chi connectivity index (χ1) is 11.4. The van der Waals surface area contributed by atoms with Crippen molar-refractivity contribution in [3.8, 4) is 0 Å². The number of nitrogens with one attached hydrogen (secondary N) is 1. The first kappa shape index (κ1) is 19.1. The summed E-state index contributed by atoms with van der Waals surface area (Å²) >= 11 is 8.50. The fourth-order valence-corrected chi connectivity index (χ4v) is 4.82. The van der Waals surface area contributed by atoms with Gasteiger partial charge in [0.2, 0.25) is 0 Å². The summed E-state index contributed by atoms with van der Waals surface area (Å²) in [5.74, 6) is 4.07. The molecule has 0 aliphatic carbocycles. The molecule has 0 aliphatic rings. The van der Waals surface area contributed by atoms with Gasteiger partial charge in [-0.15, -0.1) is 0 Å². The fourth-order valence-electron chi connectivity index (χ4n) is 1.61. The van der Waals surface area contributed by atoms with Crippen molar-refractivity contribution in [3.05, 3.63) is 34.3 Å². The van der Waals surface area contributed by atoms with E-state index in [1.807, 2.05) is 34.3 Å². The maximum atomic E-state index is 4.62. The summed E-state index contributed by atoms with van der Waals surface area (Å²) in [6.07, 6.45) is 2.07. The van der Waals surface area contributed by atoms with E-state index in [1.165, 1.54) is 34.5 Å². The van der Waals surface area contributed by atoms with E-state index in [2.05, 4.69) is 37.4 Å². The molecule has 0 aromatic carbocycles. The highest BCUT2D eigenvalue weighted by atomic mass is 32.2. The lowest BCUT2D eigenvalue weighted by molar-refractivity contribution is 0.975. The minimum Gasteiger partial charge on any atom is -0.364 e. The maximum absolute atomic E-state index is 4.62. The molecule has 0 saturated heterocycles. The molecule has 2 aromatic rings. The predicted octanol–water partition coefficient (Wildman–Crippen LogP) is 4.07. The normalized spacial score (nSPS) is 11.8. The van der Waals surface area contributed by atoms with Gasteiger partial charge in [0.15, 0.2) is 5.17 Å². The number of aliphatic imine (C=N–C) groups is 1. The standard InChI is InChI=1S/C14H20N4S5/c1-19-14(15-4-8-20-10-12-2-6-22-17-12)16-5-9-21-11-13-3-7-23-18-13/h2-3,6-7H,4-5,8-11H2,1H3,(H,15,16). The number of nitrogens with zero attached hydrogens (tertiary/aromatic N) is 3. The molecule has 0 fully saturated rings. The van der Waals surface area contributed by atoms with Crippen LogP contribution in [0.1, 0.15) is 11.4 Å². The van der Waals surface area contributed by atoms with E-state index in [0.717, 1.165) is 41.3 Å². The summed E-state index contributed by atoms with van der Waals surface area (Å²) in [6.45, 7) is 1.80. The van der Waals surface area contributed by atoms with E-state index in [-0.39, 0.29) is 0 Å². The highest BCUT2D eigenvalue weighted by Crippen LogP contribution is 2.12. The van der Waals surface area contributed by atoms with Gasteiger partial charge < -0.3 is 5.32 Å². The zero-order chi connectivity index (χ0) is 16.2.